The highest BCUT2D eigenvalue weighted by atomic mass is 16.5. The number of H-pyrrole nitrogens is 1. The van der Waals surface area contributed by atoms with Crippen molar-refractivity contribution in [2.75, 3.05) is 19.1 Å². The Labute approximate surface area is 185 Å². The van der Waals surface area contributed by atoms with E-state index in [1.807, 2.05) is 13.8 Å². The van der Waals surface area contributed by atoms with Gasteiger partial charge in [-0.3, -0.25) is 14.5 Å². The van der Waals surface area contributed by atoms with Crippen LogP contribution in [-0.2, 0) is 9.59 Å². The molecule has 1 unspecified atom stereocenters. The van der Waals surface area contributed by atoms with Gasteiger partial charge in [-0.15, -0.1) is 0 Å². The van der Waals surface area contributed by atoms with Crippen LogP contribution in [0.25, 0.3) is 11.0 Å². The summed E-state index contributed by atoms with van der Waals surface area (Å²) >= 11 is 0. The van der Waals surface area contributed by atoms with Crippen molar-refractivity contribution in [2.45, 2.75) is 26.3 Å². The lowest BCUT2D eigenvalue weighted by molar-refractivity contribution is -0.118. The van der Waals surface area contributed by atoms with Crippen molar-refractivity contribution in [1.29, 1.82) is 0 Å². The fourth-order valence-electron chi connectivity index (χ4n) is 3.91. The van der Waals surface area contributed by atoms with Gasteiger partial charge in [0.05, 0.1) is 36.9 Å². The summed E-state index contributed by atoms with van der Waals surface area (Å²) in [4.78, 5) is 35.2. The van der Waals surface area contributed by atoms with Crippen LogP contribution in [0.2, 0.25) is 0 Å². The third kappa shape index (κ3) is 3.68. The highest BCUT2D eigenvalue weighted by Crippen LogP contribution is 2.41. The lowest BCUT2D eigenvalue weighted by atomic mass is 9.92. The van der Waals surface area contributed by atoms with Crippen LogP contribution in [0.5, 0.6) is 11.5 Å². The molecular weight excluding hydrogens is 410 g/mol. The lowest BCUT2D eigenvalue weighted by Crippen LogP contribution is -2.32. The van der Waals surface area contributed by atoms with Gasteiger partial charge in [0.2, 0.25) is 5.95 Å². The van der Waals surface area contributed by atoms with E-state index in [0.717, 1.165) is 0 Å². The van der Waals surface area contributed by atoms with Crippen molar-refractivity contribution in [3.8, 4) is 11.5 Å². The highest BCUT2D eigenvalue weighted by molar-refractivity contribution is 6.16. The molecule has 166 valence electrons. The third-order valence-electron chi connectivity index (χ3n) is 5.44. The largest absolute Gasteiger partial charge is 0.503 e. The molecule has 0 saturated heterocycles. The summed E-state index contributed by atoms with van der Waals surface area (Å²) in [5.41, 5.74) is 2.03. The molecule has 3 aromatic rings. The molecule has 0 radical (unpaired) electrons. The quantitative estimate of drug-likeness (QED) is 0.579. The number of ether oxygens (including phenoxy) is 2. The smallest absolute Gasteiger partial charge is 0.296 e. The summed E-state index contributed by atoms with van der Waals surface area (Å²) in [6, 6.07) is 11.5. The number of nitrogens with zero attached hydrogens (tertiary/aromatic N) is 2. The molecule has 2 heterocycles. The van der Waals surface area contributed by atoms with Crippen molar-refractivity contribution in [2.24, 2.45) is 5.92 Å². The van der Waals surface area contributed by atoms with Crippen molar-refractivity contribution in [3.05, 3.63) is 59.4 Å². The predicted molar refractivity (Wildman–Crippen MR) is 120 cm³/mol. The fraction of sp³-hybridized carbons (Fsp3) is 0.292. The number of benzene rings is 2. The Bertz CT molecular complexity index is 1210. The van der Waals surface area contributed by atoms with Crippen molar-refractivity contribution < 1.29 is 24.2 Å². The molecule has 8 heteroatoms. The Hall–Kier alpha value is -3.81. The van der Waals surface area contributed by atoms with E-state index in [-0.39, 0.29) is 29.6 Å². The average molecular weight is 435 g/mol. The number of aliphatic hydroxyl groups is 1. The Morgan fingerprint density at radius 2 is 1.78 bits per heavy atom. The maximum Gasteiger partial charge on any atom is 0.296 e. The summed E-state index contributed by atoms with van der Waals surface area (Å²) in [5.74, 6) is 0.0927. The van der Waals surface area contributed by atoms with Crippen molar-refractivity contribution >= 4 is 28.7 Å². The molecule has 0 bridgehead atoms. The highest BCUT2D eigenvalue weighted by Gasteiger charge is 2.45. The van der Waals surface area contributed by atoms with Gasteiger partial charge in [-0.05, 0) is 35.7 Å². The number of methoxy groups -OCH3 is 2. The van der Waals surface area contributed by atoms with Crippen LogP contribution in [0.15, 0.2) is 53.8 Å². The number of rotatable bonds is 7. The molecule has 32 heavy (non-hydrogen) atoms. The van der Waals surface area contributed by atoms with Gasteiger partial charge in [-0.1, -0.05) is 26.0 Å². The summed E-state index contributed by atoms with van der Waals surface area (Å²) in [7, 11) is 3.13. The van der Waals surface area contributed by atoms with Crippen molar-refractivity contribution in [3.63, 3.8) is 0 Å². The SMILES string of the molecule is COc1ccc(C2C(C(=O)CC(C)C)=C(O)C(=O)N2c2nc3ccc(OC)cc3[nH]2)cc1. The Morgan fingerprint density at radius 3 is 2.41 bits per heavy atom. The zero-order chi connectivity index (χ0) is 23.0. The standard InChI is InChI=1S/C24H25N3O5/c1-13(2)11-19(28)20-21(14-5-7-15(31-3)8-6-14)27(23(30)22(20)29)24-25-17-10-9-16(32-4)12-18(17)26-24/h5-10,12-13,21,29H,11H2,1-4H3,(H,25,26). The van der Waals surface area contributed by atoms with E-state index in [9.17, 15) is 14.7 Å². The van der Waals surface area contributed by atoms with Crippen LogP contribution in [0.4, 0.5) is 5.95 Å². The van der Waals surface area contributed by atoms with Crippen LogP contribution in [0.1, 0.15) is 31.9 Å². The zero-order valence-electron chi connectivity index (χ0n) is 18.4. The van der Waals surface area contributed by atoms with Crippen LogP contribution in [0.3, 0.4) is 0 Å². The molecule has 1 atom stereocenters. The van der Waals surface area contributed by atoms with E-state index in [4.69, 9.17) is 9.47 Å². The molecule has 2 aromatic carbocycles. The number of hydrogen-bond donors (Lipinski definition) is 2. The molecule has 8 nitrogen and oxygen atoms in total. The van der Waals surface area contributed by atoms with E-state index < -0.39 is 17.7 Å². The maximum atomic E-state index is 13.2. The van der Waals surface area contributed by atoms with E-state index in [1.165, 1.54) is 4.90 Å². The molecule has 1 amide bonds. The molecular formula is C24H25N3O5. The summed E-state index contributed by atoms with van der Waals surface area (Å²) < 4.78 is 10.5. The Balaban J connectivity index is 1.84. The van der Waals surface area contributed by atoms with Crippen LogP contribution in [0, 0.1) is 5.92 Å². The average Bonchev–Trinajstić information content (AvgIpc) is 3.31. The minimum absolute atomic E-state index is 0.0714. The molecule has 0 spiro atoms. The number of hydrogen-bond acceptors (Lipinski definition) is 6. The normalized spacial score (nSPS) is 16.3. The molecule has 1 aromatic heterocycles. The minimum atomic E-state index is -0.817. The first kappa shape index (κ1) is 21.4. The van der Waals surface area contributed by atoms with E-state index in [2.05, 4.69) is 9.97 Å². The van der Waals surface area contributed by atoms with Crippen LogP contribution >= 0.6 is 0 Å². The first-order valence-electron chi connectivity index (χ1n) is 10.3. The molecule has 1 aliphatic rings. The molecule has 2 N–H and O–H groups in total. The van der Waals surface area contributed by atoms with Gasteiger partial charge < -0.3 is 19.6 Å². The fourth-order valence-corrected chi connectivity index (χ4v) is 3.91. The number of Topliss-reactive ketones (excluding diaryl/α,β-unsaturated/α-hetero) is 1. The number of carbonyl (C=O) groups excluding carboxylic acids is 2. The number of fused-ring (bicyclic) bond motifs is 1. The van der Waals surface area contributed by atoms with E-state index in [0.29, 0.717) is 28.1 Å². The van der Waals surface area contributed by atoms with Gasteiger partial charge >= 0.3 is 0 Å². The Morgan fingerprint density at radius 1 is 1.12 bits per heavy atom. The van der Waals surface area contributed by atoms with Gasteiger partial charge in [0, 0.05) is 12.5 Å². The Kier molecular flexibility index (Phi) is 5.61. The second-order valence-corrected chi connectivity index (χ2v) is 8.08. The molecule has 0 fully saturated rings. The number of ketones is 1. The first-order chi connectivity index (χ1) is 15.3. The number of aromatic nitrogens is 2. The number of amides is 1. The monoisotopic (exact) mass is 435 g/mol. The molecule has 0 aliphatic carbocycles. The predicted octanol–water partition coefficient (Wildman–Crippen LogP) is 4.10. The number of anilines is 1. The summed E-state index contributed by atoms with van der Waals surface area (Å²) in [5, 5.41) is 10.7. The van der Waals surface area contributed by atoms with Crippen LogP contribution in [-0.4, -0.2) is 41.0 Å². The zero-order valence-corrected chi connectivity index (χ0v) is 18.4. The molecule has 0 saturated carbocycles. The van der Waals surface area contributed by atoms with Gasteiger partial charge in [0.15, 0.2) is 11.5 Å². The first-order valence-corrected chi connectivity index (χ1v) is 10.3. The van der Waals surface area contributed by atoms with Gasteiger partial charge in [-0.2, -0.15) is 0 Å². The van der Waals surface area contributed by atoms with Gasteiger partial charge in [0.25, 0.3) is 5.91 Å². The lowest BCUT2D eigenvalue weighted by Gasteiger charge is -2.25. The third-order valence-corrected chi connectivity index (χ3v) is 5.44. The maximum absolute atomic E-state index is 13.2. The van der Waals surface area contributed by atoms with Gasteiger partial charge in [0.1, 0.15) is 11.5 Å². The molecule has 4 rings (SSSR count). The van der Waals surface area contributed by atoms with Crippen molar-refractivity contribution in [1.82, 2.24) is 9.97 Å². The van der Waals surface area contributed by atoms with E-state index >= 15 is 0 Å². The van der Waals surface area contributed by atoms with Crippen LogP contribution < -0.4 is 14.4 Å². The van der Waals surface area contributed by atoms with Gasteiger partial charge in [-0.25, -0.2) is 4.98 Å². The second-order valence-electron chi connectivity index (χ2n) is 8.08. The number of aliphatic hydroxyl groups excluding tert-OH is 1. The number of imidazole rings is 1. The topological polar surface area (TPSA) is 105 Å². The molecule has 1 aliphatic heterocycles. The van der Waals surface area contributed by atoms with E-state index in [1.54, 1.807) is 56.7 Å². The number of carbonyl (C=O) groups is 2. The minimum Gasteiger partial charge on any atom is -0.503 e. The summed E-state index contributed by atoms with van der Waals surface area (Å²) in [6.45, 7) is 3.83. The number of aromatic amines is 1. The second kappa shape index (κ2) is 8.37. The number of nitrogens with one attached hydrogen (secondary N) is 1. The summed E-state index contributed by atoms with van der Waals surface area (Å²) in [6.07, 6.45) is 0.213.